The van der Waals surface area contributed by atoms with Gasteiger partial charge in [-0.3, -0.25) is 0 Å². The van der Waals surface area contributed by atoms with Gasteiger partial charge in [0.1, 0.15) is 0 Å². The Kier molecular flexibility index (Phi) is 3.98. The van der Waals surface area contributed by atoms with Gasteiger partial charge in [0, 0.05) is 25.2 Å². The highest BCUT2D eigenvalue weighted by molar-refractivity contribution is 4.77. The highest BCUT2D eigenvalue weighted by atomic mass is 16.5. The summed E-state index contributed by atoms with van der Waals surface area (Å²) in [6, 6.07) is 1.03. The SMILES string of the molecule is CC(CN)NC1CCOC(C)C1. The molecule has 1 saturated heterocycles. The van der Waals surface area contributed by atoms with E-state index in [1.165, 1.54) is 0 Å². The van der Waals surface area contributed by atoms with Crippen LogP contribution in [0.4, 0.5) is 0 Å². The zero-order valence-corrected chi connectivity index (χ0v) is 8.05. The molecule has 0 aromatic rings. The highest BCUT2D eigenvalue weighted by Gasteiger charge is 2.19. The van der Waals surface area contributed by atoms with Crippen LogP contribution in [0.2, 0.25) is 0 Å². The Labute approximate surface area is 74.7 Å². The maximum absolute atomic E-state index is 5.53. The molecule has 1 aliphatic rings. The van der Waals surface area contributed by atoms with Crippen LogP contribution in [0.1, 0.15) is 26.7 Å². The second-order valence-corrected chi connectivity index (χ2v) is 3.71. The summed E-state index contributed by atoms with van der Waals surface area (Å²) in [5, 5.41) is 3.49. The maximum atomic E-state index is 5.53. The first kappa shape index (κ1) is 9.96. The van der Waals surface area contributed by atoms with E-state index >= 15 is 0 Å². The minimum Gasteiger partial charge on any atom is -0.378 e. The lowest BCUT2D eigenvalue weighted by atomic mass is 10.0. The molecule has 0 radical (unpaired) electrons. The highest BCUT2D eigenvalue weighted by Crippen LogP contribution is 2.13. The fourth-order valence-corrected chi connectivity index (χ4v) is 1.62. The van der Waals surface area contributed by atoms with Gasteiger partial charge in [-0.15, -0.1) is 0 Å². The van der Waals surface area contributed by atoms with Crippen molar-refractivity contribution in [3.63, 3.8) is 0 Å². The summed E-state index contributed by atoms with van der Waals surface area (Å²) in [6.07, 6.45) is 2.64. The van der Waals surface area contributed by atoms with E-state index in [9.17, 15) is 0 Å². The van der Waals surface area contributed by atoms with E-state index in [2.05, 4.69) is 19.2 Å². The third-order valence-corrected chi connectivity index (χ3v) is 2.36. The monoisotopic (exact) mass is 172 g/mol. The van der Waals surface area contributed by atoms with Gasteiger partial charge in [0.25, 0.3) is 0 Å². The summed E-state index contributed by atoms with van der Waals surface area (Å²) in [5.74, 6) is 0. The predicted molar refractivity (Wildman–Crippen MR) is 50.1 cm³/mol. The van der Waals surface area contributed by atoms with Gasteiger partial charge in [0.15, 0.2) is 0 Å². The Bertz CT molecular complexity index is 130. The van der Waals surface area contributed by atoms with Crippen molar-refractivity contribution >= 4 is 0 Å². The van der Waals surface area contributed by atoms with Gasteiger partial charge in [0.05, 0.1) is 6.10 Å². The van der Waals surface area contributed by atoms with E-state index in [-0.39, 0.29) is 0 Å². The minimum atomic E-state index is 0.404. The van der Waals surface area contributed by atoms with Gasteiger partial charge in [-0.2, -0.15) is 0 Å². The van der Waals surface area contributed by atoms with Gasteiger partial charge in [-0.05, 0) is 26.7 Å². The Morgan fingerprint density at radius 2 is 2.42 bits per heavy atom. The minimum absolute atomic E-state index is 0.404. The van der Waals surface area contributed by atoms with Crippen molar-refractivity contribution < 1.29 is 4.74 Å². The maximum Gasteiger partial charge on any atom is 0.0561 e. The lowest BCUT2D eigenvalue weighted by molar-refractivity contribution is 0.0118. The molecule has 3 N–H and O–H groups in total. The summed E-state index contributed by atoms with van der Waals surface area (Å²) < 4.78 is 5.45. The Morgan fingerprint density at radius 3 is 3.00 bits per heavy atom. The molecule has 3 nitrogen and oxygen atoms in total. The molecule has 72 valence electrons. The van der Waals surface area contributed by atoms with Crippen LogP contribution in [0.5, 0.6) is 0 Å². The summed E-state index contributed by atoms with van der Waals surface area (Å²) in [5.41, 5.74) is 5.53. The third kappa shape index (κ3) is 3.09. The lowest BCUT2D eigenvalue weighted by Gasteiger charge is -2.30. The normalized spacial score (nSPS) is 33.2. The van der Waals surface area contributed by atoms with E-state index in [4.69, 9.17) is 10.5 Å². The fraction of sp³-hybridized carbons (Fsp3) is 1.00. The second-order valence-electron chi connectivity index (χ2n) is 3.71. The van der Waals surface area contributed by atoms with E-state index in [1.54, 1.807) is 0 Å². The van der Waals surface area contributed by atoms with Crippen LogP contribution in [-0.2, 0) is 4.74 Å². The van der Waals surface area contributed by atoms with E-state index in [1.807, 2.05) is 0 Å². The molecule has 0 aliphatic carbocycles. The quantitative estimate of drug-likeness (QED) is 0.651. The number of nitrogens with one attached hydrogen (secondary N) is 1. The molecule has 0 amide bonds. The number of hydrogen-bond acceptors (Lipinski definition) is 3. The first-order valence-electron chi connectivity index (χ1n) is 4.80. The predicted octanol–water partition coefficient (Wildman–Crippen LogP) is 0.491. The van der Waals surface area contributed by atoms with E-state index < -0.39 is 0 Å². The van der Waals surface area contributed by atoms with Gasteiger partial charge >= 0.3 is 0 Å². The van der Waals surface area contributed by atoms with Crippen LogP contribution in [0.25, 0.3) is 0 Å². The summed E-state index contributed by atoms with van der Waals surface area (Å²) >= 11 is 0. The van der Waals surface area contributed by atoms with Crippen molar-refractivity contribution in [1.29, 1.82) is 0 Å². The van der Waals surface area contributed by atoms with Crippen LogP contribution >= 0.6 is 0 Å². The molecule has 12 heavy (non-hydrogen) atoms. The van der Waals surface area contributed by atoms with Crippen molar-refractivity contribution in [2.75, 3.05) is 13.2 Å². The molecule has 0 saturated carbocycles. The molecule has 1 aliphatic heterocycles. The Hall–Kier alpha value is -0.120. The van der Waals surface area contributed by atoms with E-state index in [0.29, 0.717) is 24.7 Å². The first-order valence-corrected chi connectivity index (χ1v) is 4.80. The average molecular weight is 172 g/mol. The molecule has 0 spiro atoms. The number of ether oxygens (including phenoxy) is 1. The zero-order valence-electron chi connectivity index (χ0n) is 8.05. The molecule has 1 fully saturated rings. The number of hydrogen-bond donors (Lipinski definition) is 2. The fourth-order valence-electron chi connectivity index (χ4n) is 1.62. The average Bonchev–Trinajstić information content (AvgIpc) is 2.04. The van der Waals surface area contributed by atoms with Crippen molar-refractivity contribution in [3.05, 3.63) is 0 Å². The van der Waals surface area contributed by atoms with Crippen LogP contribution in [0, 0.1) is 0 Å². The van der Waals surface area contributed by atoms with Gasteiger partial charge in [0.2, 0.25) is 0 Å². The molecule has 3 heteroatoms. The molecule has 1 heterocycles. The largest absolute Gasteiger partial charge is 0.378 e. The van der Waals surface area contributed by atoms with Gasteiger partial charge < -0.3 is 15.8 Å². The van der Waals surface area contributed by atoms with Gasteiger partial charge in [-0.1, -0.05) is 0 Å². The third-order valence-electron chi connectivity index (χ3n) is 2.36. The molecular weight excluding hydrogens is 152 g/mol. The molecule has 3 unspecified atom stereocenters. The summed E-state index contributed by atoms with van der Waals surface area (Å²) in [7, 11) is 0. The lowest BCUT2D eigenvalue weighted by Crippen LogP contribution is -2.45. The first-order chi connectivity index (χ1) is 5.72. The zero-order chi connectivity index (χ0) is 8.97. The molecule has 0 aromatic heterocycles. The molecule has 0 bridgehead atoms. The van der Waals surface area contributed by atoms with Crippen LogP contribution in [0.15, 0.2) is 0 Å². The van der Waals surface area contributed by atoms with Crippen LogP contribution < -0.4 is 11.1 Å². The summed E-state index contributed by atoms with van der Waals surface area (Å²) in [4.78, 5) is 0. The number of nitrogens with two attached hydrogens (primary N) is 1. The van der Waals surface area contributed by atoms with Crippen molar-refractivity contribution in [2.24, 2.45) is 5.73 Å². The molecule has 1 rings (SSSR count). The van der Waals surface area contributed by atoms with Crippen molar-refractivity contribution in [2.45, 2.75) is 44.9 Å². The molecular formula is C9H20N2O. The number of rotatable bonds is 3. The second kappa shape index (κ2) is 4.80. The molecule has 3 atom stereocenters. The van der Waals surface area contributed by atoms with Gasteiger partial charge in [-0.25, -0.2) is 0 Å². The van der Waals surface area contributed by atoms with E-state index in [0.717, 1.165) is 19.4 Å². The summed E-state index contributed by atoms with van der Waals surface area (Å²) in [6.45, 7) is 5.85. The molecule has 0 aromatic carbocycles. The smallest absolute Gasteiger partial charge is 0.0561 e. The Balaban J connectivity index is 2.22. The van der Waals surface area contributed by atoms with Crippen LogP contribution in [0.3, 0.4) is 0 Å². The van der Waals surface area contributed by atoms with Crippen molar-refractivity contribution in [1.82, 2.24) is 5.32 Å². The van der Waals surface area contributed by atoms with Crippen molar-refractivity contribution in [3.8, 4) is 0 Å². The Morgan fingerprint density at radius 1 is 1.67 bits per heavy atom. The standard InChI is InChI=1S/C9H20N2O/c1-7(6-10)11-9-3-4-12-8(2)5-9/h7-9,11H,3-6,10H2,1-2H3. The topological polar surface area (TPSA) is 47.3 Å². The van der Waals surface area contributed by atoms with Crippen LogP contribution in [-0.4, -0.2) is 31.3 Å².